The Morgan fingerprint density at radius 1 is 1.50 bits per heavy atom. The van der Waals surface area contributed by atoms with Crippen LogP contribution >= 0.6 is 11.6 Å². The van der Waals surface area contributed by atoms with Gasteiger partial charge in [0.1, 0.15) is 5.75 Å². The summed E-state index contributed by atoms with van der Waals surface area (Å²) in [6.07, 6.45) is 5.71. The van der Waals surface area contributed by atoms with Crippen molar-refractivity contribution in [2.75, 3.05) is 7.11 Å². The fraction of sp³-hybridized carbons (Fsp3) is 0.400. The number of methoxy groups -OCH3 is 1. The molecule has 1 saturated carbocycles. The fourth-order valence-corrected chi connectivity index (χ4v) is 2.65. The second-order valence-corrected chi connectivity index (χ2v) is 5.57. The summed E-state index contributed by atoms with van der Waals surface area (Å²) in [6, 6.07) is 5.94. The highest BCUT2D eigenvalue weighted by Crippen LogP contribution is 2.37. The molecular formula is C15H17ClN2O2. The standard InChI is InChI=1S/C15H17ClN2O2/c1-20-15-5-2-11(16)6-10(15)7-14(19)13-8-17-9-18(13)12-3-4-12/h2,5-6,8-9,12,14,19H,3-4,7H2,1H3. The number of benzene rings is 1. The van der Waals surface area contributed by atoms with E-state index in [2.05, 4.69) is 9.55 Å². The van der Waals surface area contributed by atoms with Crippen LogP contribution in [0.3, 0.4) is 0 Å². The van der Waals surface area contributed by atoms with Crippen LogP contribution in [0.2, 0.25) is 5.02 Å². The molecule has 1 N–H and O–H groups in total. The van der Waals surface area contributed by atoms with E-state index in [9.17, 15) is 5.11 Å². The Hall–Kier alpha value is -1.52. The summed E-state index contributed by atoms with van der Waals surface area (Å²) in [6.45, 7) is 0. The van der Waals surface area contributed by atoms with E-state index in [1.54, 1.807) is 25.7 Å². The number of imidazole rings is 1. The predicted octanol–water partition coefficient (Wildman–Crippen LogP) is 3.16. The van der Waals surface area contributed by atoms with Gasteiger partial charge in [-0.05, 0) is 36.6 Å². The van der Waals surface area contributed by atoms with Crippen LogP contribution in [0.4, 0.5) is 0 Å². The van der Waals surface area contributed by atoms with E-state index >= 15 is 0 Å². The summed E-state index contributed by atoms with van der Waals surface area (Å²) in [5.41, 5.74) is 1.76. The van der Waals surface area contributed by atoms with Gasteiger partial charge >= 0.3 is 0 Å². The van der Waals surface area contributed by atoms with E-state index in [0.29, 0.717) is 17.5 Å². The first-order valence-corrected chi connectivity index (χ1v) is 7.09. The second kappa shape index (κ2) is 5.46. The molecule has 1 aromatic heterocycles. The zero-order chi connectivity index (χ0) is 14.1. The van der Waals surface area contributed by atoms with Crippen molar-refractivity contribution in [3.8, 4) is 5.75 Å². The lowest BCUT2D eigenvalue weighted by Gasteiger charge is -2.15. The molecule has 0 saturated heterocycles. The molecule has 5 heteroatoms. The van der Waals surface area contributed by atoms with Crippen LogP contribution in [0.5, 0.6) is 5.75 Å². The second-order valence-electron chi connectivity index (χ2n) is 5.13. The highest BCUT2D eigenvalue weighted by Gasteiger charge is 2.27. The summed E-state index contributed by atoms with van der Waals surface area (Å²) in [5.74, 6) is 0.742. The van der Waals surface area contributed by atoms with Gasteiger partial charge < -0.3 is 14.4 Å². The van der Waals surface area contributed by atoms with Gasteiger partial charge in [0.05, 0.1) is 31.4 Å². The first kappa shape index (κ1) is 13.5. The van der Waals surface area contributed by atoms with Crippen molar-refractivity contribution in [1.82, 2.24) is 9.55 Å². The molecule has 2 aromatic rings. The van der Waals surface area contributed by atoms with Crippen molar-refractivity contribution >= 4 is 11.6 Å². The minimum atomic E-state index is -0.606. The molecule has 4 nitrogen and oxygen atoms in total. The molecule has 0 aliphatic heterocycles. The quantitative estimate of drug-likeness (QED) is 0.921. The smallest absolute Gasteiger partial charge is 0.122 e. The zero-order valence-electron chi connectivity index (χ0n) is 11.3. The highest BCUT2D eigenvalue weighted by atomic mass is 35.5. The molecule has 0 bridgehead atoms. The Morgan fingerprint density at radius 3 is 3.00 bits per heavy atom. The van der Waals surface area contributed by atoms with Crippen molar-refractivity contribution < 1.29 is 9.84 Å². The molecule has 20 heavy (non-hydrogen) atoms. The first-order valence-electron chi connectivity index (χ1n) is 6.71. The van der Waals surface area contributed by atoms with Gasteiger partial charge in [-0.1, -0.05) is 11.6 Å². The van der Waals surface area contributed by atoms with Gasteiger partial charge in [0, 0.05) is 17.5 Å². The van der Waals surface area contributed by atoms with Crippen molar-refractivity contribution in [3.05, 3.63) is 47.0 Å². The van der Waals surface area contributed by atoms with Gasteiger partial charge in [0.2, 0.25) is 0 Å². The molecular weight excluding hydrogens is 276 g/mol. The fourth-order valence-electron chi connectivity index (χ4n) is 2.45. The largest absolute Gasteiger partial charge is 0.496 e. The molecule has 1 fully saturated rings. The number of hydrogen-bond donors (Lipinski definition) is 1. The van der Waals surface area contributed by atoms with Crippen LogP contribution in [0, 0.1) is 0 Å². The Kier molecular flexibility index (Phi) is 3.68. The average Bonchev–Trinajstić information content (AvgIpc) is 3.16. The maximum absolute atomic E-state index is 10.5. The summed E-state index contributed by atoms with van der Waals surface area (Å²) in [5, 5.41) is 11.1. The van der Waals surface area contributed by atoms with E-state index < -0.39 is 6.10 Å². The monoisotopic (exact) mass is 292 g/mol. The lowest BCUT2D eigenvalue weighted by atomic mass is 10.0. The number of halogens is 1. The maximum Gasteiger partial charge on any atom is 0.122 e. The minimum absolute atomic E-state index is 0.460. The Morgan fingerprint density at radius 2 is 2.30 bits per heavy atom. The van der Waals surface area contributed by atoms with E-state index in [4.69, 9.17) is 16.3 Å². The zero-order valence-corrected chi connectivity index (χ0v) is 12.0. The van der Waals surface area contributed by atoms with E-state index in [1.807, 2.05) is 12.1 Å². The topological polar surface area (TPSA) is 47.3 Å². The third-order valence-electron chi connectivity index (χ3n) is 3.63. The van der Waals surface area contributed by atoms with E-state index in [-0.39, 0.29) is 0 Å². The molecule has 1 aliphatic rings. The minimum Gasteiger partial charge on any atom is -0.496 e. The number of ether oxygens (including phenoxy) is 1. The maximum atomic E-state index is 10.5. The molecule has 1 heterocycles. The summed E-state index contributed by atoms with van der Waals surface area (Å²) < 4.78 is 7.39. The lowest BCUT2D eigenvalue weighted by Crippen LogP contribution is -2.09. The van der Waals surface area contributed by atoms with Crippen molar-refractivity contribution in [2.24, 2.45) is 0 Å². The van der Waals surface area contributed by atoms with Gasteiger partial charge in [0.15, 0.2) is 0 Å². The summed E-state index contributed by atoms with van der Waals surface area (Å²) in [7, 11) is 1.62. The van der Waals surface area contributed by atoms with Gasteiger partial charge in [-0.2, -0.15) is 0 Å². The lowest BCUT2D eigenvalue weighted by molar-refractivity contribution is 0.167. The molecule has 0 spiro atoms. The highest BCUT2D eigenvalue weighted by molar-refractivity contribution is 6.30. The Labute approximate surface area is 123 Å². The normalized spacial score (nSPS) is 16.1. The molecule has 0 amide bonds. The number of aromatic nitrogens is 2. The van der Waals surface area contributed by atoms with Crippen LogP contribution in [0.1, 0.15) is 36.2 Å². The van der Waals surface area contributed by atoms with E-state index in [0.717, 1.165) is 29.8 Å². The van der Waals surface area contributed by atoms with E-state index in [1.165, 1.54) is 0 Å². The number of rotatable bonds is 5. The van der Waals surface area contributed by atoms with Crippen LogP contribution in [0.15, 0.2) is 30.7 Å². The number of hydrogen-bond acceptors (Lipinski definition) is 3. The van der Waals surface area contributed by atoms with Crippen LogP contribution < -0.4 is 4.74 Å². The van der Waals surface area contributed by atoms with Crippen LogP contribution in [0.25, 0.3) is 0 Å². The molecule has 1 unspecified atom stereocenters. The van der Waals surface area contributed by atoms with Gasteiger partial charge in [-0.3, -0.25) is 0 Å². The number of aliphatic hydroxyl groups is 1. The molecule has 106 valence electrons. The summed E-state index contributed by atoms with van der Waals surface area (Å²) in [4.78, 5) is 4.15. The van der Waals surface area contributed by atoms with Gasteiger partial charge in [-0.15, -0.1) is 0 Å². The van der Waals surface area contributed by atoms with Gasteiger partial charge in [0.25, 0.3) is 0 Å². The summed E-state index contributed by atoms with van der Waals surface area (Å²) >= 11 is 6.02. The molecule has 0 radical (unpaired) electrons. The average molecular weight is 293 g/mol. The molecule has 1 atom stereocenters. The molecule has 3 rings (SSSR count). The first-order chi connectivity index (χ1) is 9.69. The van der Waals surface area contributed by atoms with Crippen molar-refractivity contribution in [1.29, 1.82) is 0 Å². The number of nitrogens with zero attached hydrogens (tertiary/aromatic N) is 2. The SMILES string of the molecule is COc1ccc(Cl)cc1CC(O)c1cncn1C1CC1. The van der Waals surface area contributed by atoms with Gasteiger partial charge in [-0.25, -0.2) is 4.98 Å². The molecule has 1 aromatic carbocycles. The third-order valence-corrected chi connectivity index (χ3v) is 3.87. The number of aliphatic hydroxyl groups excluding tert-OH is 1. The Bertz CT molecular complexity index is 608. The predicted molar refractivity (Wildman–Crippen MR) is 77.2 cm³/mol. The Balaban J connectivity index is 1.83. The molecule has 1 aliphatic carbocycles. The van der Waals surface area contributed by atoms with Crippen LogP contribution in [-0.4, -0.2) is 21.8 Å². The van der Waals surface area contributed by atoms with Crippen molar-refractivity contribution in [2.45, 2.75) is 31.4 Å². The third kappa shape index (κ3) is 2.67. The van der Waals surface area contributed by atoms with Crippen molar-refractivity contribution in [3.63, 3.8) is 0 Å². The van der Waals surface area contributed by atoms with Crippen LogP contribution in [-0.2, 0) is 6.42 Å².